The quantitative estimate of drug-likeness (QED) is 0.735. The smallest absolute Gasteiger partial charge is 0.329 e. The fraction of sp³-hybridized carbons (Fsp3) is 0.188. The van der Waals surface area contributed by atoms with Gasteiger partial charge < -0.3 is 5.32 Å². The lowest BCUT2D eigenvalue weighted by atomic mass is 10.2. The van der Waals surface area contributed by atoms with Gasteiger partial charge in [-0.15, -0.1) is 11.3 Å². The van der Waals surface area contributed by atoms with Crippen molar-refractivity contribution in [3.63, 3.8) is 0 Å². The molecule has 0 radical (unpaired) electrons. The number of hydrogen-bond donors (Lipinski definition) is 2. The van der Waals surface area contributed by atoms with Crippen molar-refractivity contribution in [1.29, 1.82) is 0 Å². The van der Waals surface area contributed by atoms with Crippen molar-refractivity contribution in [1.82, 2.24) is 14.9 Å². The van der Waals surface area contributed by atoms with Crippen molar-refractivity contribution in [2.45, 2.75) is 13.0 Å². The van der Waals surface area contributed by atoms with E-state index in [9.17, 15) is 14.4 Å². The van der Waals surface area contributed by atoms with Gasteiger partial charge in [-0.3, -0.25) is 19.1 Å². The number of carbonyl (C=O) groups is 1. The molecule has 118 valence electrons. The van der Waals surface area contributed by atoms with E-state index in [0.29, 0.717) is 17.4 Å². The molecule has 0 saturated carbocycles. The van der Waals surface area contributed by atoms with Crippen molar-refractivity contribution < 1.29 is 4.79 Å². The molecule has 0 aliphatic rings. The van der Waals surface area contributed by atoms with Crippen LogP contribution in [0.5, 0.6) is 0 Å². The number of fused-ring (bicyclic) bond motifs is 1. The first-order valence-electron chi connectivity index (χ1n) is 7.16. The molecule has 0 saturated heterocycles. The van der Waals surface area contributed by atoms with Gasteiger partial charge in [0.25, 0.3) is 5.56 Å². The van der Waals surface area contributed by atoms with Gasteiger partial charge >= 0.3 is 5.69 Å². The van der Waals surface area contributed by atoms with Gasteiger partial charge in [-0.2, -0.15) is 0 Å². The minimum absolute atomic E-state index is 0.124. The molecule has 2 heterocycles. The van der Waals surface area contributed by atoms with Gasteiger partial charge in [-0.25, -0.2) is 4.79 Å². The Bertz CT molecular complexity index is 941. The Hall–Kier alpha value is -2.67. The van der Waals surface area contributed by atoms with Gasteiger partial charge in [0.05, 0.1) is 10.9 Å². The minimum Gasteiger partial charge on any atom is -0.354 e. The third-order valence-corrected chi connectivity index (χ3v) is 4.42. The summed E-state index contributed by atoms with van der Waals surface area (Å²) in [5, 5.41) is 5.17. The Balaban J connectivity index is 1.75. The summed E-state index contributed by atoms with van der Waals surface area (Å²) in [4.78, 5) is 39.2. The zero-order valence-corrected chi connectivity index (χ0v) is 13.1. The summed E-state index contributed by atoms with van der Waals surface area (Å²) >= 11 is 1.64. The van der Waals surface area contributed by atoms with Crippen LogP contribution in [0, 0.1) is 0 Å². The molecule has 2 N–H and O–H groups in total. The van der Waals surface area contributed by atoms with Crippen molar-refractivity contribution in [2.75, 3.05) is 6.54 Å². The molecule has 2 aromatic heterocycles. The number of aromatic amines is 1. The van der Waals surface area contributed by atoms with Crippen LogP contribution in [0.3, 0.4) is 0 Å². The zero-order valence-electron chi connectivity index (χ0n) is 12.2. The predicted molar refractivity (Wildman–Crippen MR) is 89.9 cm³/mol. The highest BCUT2D eigenvalue weighted by atomic mass is 32.1. The van der Waals surface area contributed by atoms with Gasteiger partial charge in [0.15, 0.2) is 0 Å². The summed E-state index contributed by atoms with van der Waals surface area (Å²) in [6.07, 6.45) is 0.755. The Morgan fingerprint density at radius 3 is 2.78 bits per heavy atom. The molecule has 1 aromatic carbocycles. The van der Waals surface area contributed by atoms with Crippen LogP contribution in [0.2, 0.25) is 0 Å². The lowest BCUT2D eigenvalue weighted by molar-refractivity contribution is -0.121. The largest absolute Gasteiger partial charge is 0.354 e. The predicted octanol–water partition coefficient (Wildman–Crippen LogP) is 1.11. The molecule has 3 rings (SSSR count). The monoisotopic (exact) mass is 329 g/mol. The lowest BCUT2D eigenvalue weighted by Gasteiger charge is -2.09. The Labute approximate surface area is 135 Å². The van der Waals surface area contributed by atoms with Crippen molar-refractivity contribution >= 4 is 28.1 Å². The molecule has 0 aliphatic carbocycles. The number of H-pyrrole nitrogens is 1. The summed E-state index contributed by atoms with van der Waals surface area (Å²) in [6.45, 7) is 0.385. The van der Waals surface area contributed by atoms with E-state index in [0.717, 1.165) is 6.42 Å². The molecule has 7 heteroatoms. The molecular formula is C16H15N3O3S. The summed E-state index contributed by atoms with van der Waals surface area (Å²) in [7, 11) is 0. The fourth-order valence-electron chi connectivity index (χ4n) is 2.38. The molecule has 0 unspecified atom stereocenters. The van der Waals surface area contributed by atoms with E-state index in [1.165, 1.54) is 9.44 Å². The second-order valence-corrected chi connectivity index (χ2v) is 6.07. The highest BCUT2D eigenvalue weighted by Gasteiger charge is 2.10. The first-order chi connectivity index (χ1) is 11.1. The molecule has 0 spiro atoms. The zero-order chi connectivity index (χ0) is 16.2. The third-order valence-electron chi connectivity index (χ3n) is 3.48. The molecular weight excluding hydrogens is 314 g/mol. The van der Waals surface area contributed by atoms with E-state index in [1.807, 2.05) is 17.5 Å². The molecule has 0 fully saturated rings. The van der Waals surface area contributed by atoms with Crippen LogP contribution in [0.15, 0.2) is 51.4 Å². The van der Waals surface area contributed by atoms with Crippen LogP contribution in [-0.2, 0) is 17.8 Å². The number of aromatic nitrogens is 2. The highest BCUT2D eigenvalue weighted by Crippen LogP contribution is 2.08. The summed E-state index contributed by atoms with van der Waals surface area (Å²) in [6, 6.07) is 10.7. The molecule has 0 bridgehead atoms. The lowest BCUT2D eigenvalue weighted by Crippen LogP contribution is -2.36. The van der Waals surface area contributed by atoms with Gasteiger partial charge in [0.1, 0.15) is 6.54 Å². The average Bonchev–Trinajstić information content (AvgIpc) is 3.05. The number of rotatable bonds is 5. The normalized spacial score (nSPS) is 10.8. The molecule has 6 nitrogen and oxygen atoms in total. The first kappa shape index (κ1) is 15.2. The molecule has 0 atom stereocenters. The maximum Gasteiger partial charge on any atom is 0.329 e. The van der Waals surface area contributed by atoms with Gasteiger partial charge in [0.2, 0.25) is 5.91 Å². The topological polar surface area (TPSA) is 84.0 Å². The van der Waals surface area contributed by atoms with Gasteiger partial charge in [-0.05, 0) is 30.0 Å². The Morgan fingerprint density at radius 1 is 1.17 bits per heavy atom. The second kappa shape index (κ2) is 6.62. The maximum atomic E-state index is 12.1. The number of amides is 1. The minimum atomic E-state index is -0.581. The Kier molecular flexibility index (Phi) is 4.38. The number of nitrogens with zero attached hydrogens (tertiary/aromatic N) is 1. The number of carbonyl (C=O) groups excluding carboxylic acids is 1. The number of nitrogens with one attached hydrogen (secondary N) is 2. The van der Waals surface area contributed by atoms with Crippen LogP contribution in [0.4, 0.5) is 0 Å². The summed E-state index contributed by atoms with van der Waals surface area (Å²) in [5.41, 5.74) is -0.572. The molecule has 0 aliphatic heterocycles. The second-order valence-electron chi connectivity index (χ2n) is 5.04. The van der Waals surface area contributed by atoms with Crippen LogP contribution < -0.4 is 16.6 Å². The number of thiophene rings is 1. The van der Waals surface area contributed by atoms with Crippen LogP contribution >= 0.6 is 11.3 Å². The number of benzene rings is 1. The van der Waals surface area contributed by atoms with Gasteiger partial charge in [0, 0.05) is 11.4 Å². The highest BCUT2D eigenvalue weighted by molar-refractivity contribution is 7.09. The standard InChI is InChI=1S/C16H15N3O3S/c20-14(17-8-7-11-4-3-9-23-11)10-19-13-6-2-1-5-12(13)15(21)18-16(19)22/h1-6,9H,7-8,10H2,(H,17,20)(H,18,21,22). The first-order valence-corrected chi connectivity index (χ1v) is 8.04. The number of para-hydroxylation sites is 1. The van der Waals surface area contributed by atoms with E-state index in [4.69, 9.17) is 0 Å². The van der Waals surface area contributed by atoms with E-state index < -0.39 is 11.2 Å². The van der Waals surface area contributed by atoms with Crippen molar-refractivity contribution in [3.8, 4) is 0 Å². The van der Waals surface area contributed by atoms with Crippen molar-refractivity contribution in [3.05, 3.63) is 67.5 Å². The third kappa shape index (κ3) is 3.40. The molecule has 1 amide bonds. The summed E-state index contributed by atoms with van der Waals surface area (Å²) in [5.74, 6) is -0.263. The van der Waals surface area contributed by atoms with Crippen LogP contribution in [0.25, 0.3) is 10.9 Å². The molecule has 23 heavy (non-hydrogen) atoms. The molecule has 3 aromatic rings. The van der Waals surface area contributed by atoms with E-state index >= 15 is 0 Å². The number of hydrogen-bond acceptors (Lipinski definition) is 4. The SMILES string of the molecule is O=C(Cn1c(=O)[nH]c(=O)c2ccccc21)NCCc1cccs1. The fourth-order valence-corrected chi connectivity index (χ4v) is 3.09. The van der Waals surface area contributed by atoms with E-state index in [2.05, 4.69) is 10.3 Å². The van der Waals surface area contributed by atoms with Crippen molar-refractivity contribution in [2.24, 2.45) is 0 Å². The maximum absolute atomic E-state index is 12.1. The van der Waals surface area contributed by atoms with Gasteiger partial charge in [-0.1, -0.05) is 18.2 Å². The summed E-state index contributed by atoms with van der Waals surface area (Å²) < 4.78 is 1.28. The van der Waals surface area contributed by atoms with E-state index in [1.54, 1.807) is 35.6 Å². The van der Waals surface area contributed by atoms with Crippen LogP contribution in [0.1, 0.15) is 4.88 Å². The van der Waals surface area contributed by atoms with Crippen LogP contribution in [-0.4, -0.2) is 22.0 Å². The average molecular weight is 329 g/mol. The van der Waals surface area contributed by atoms with E-state index in [-0.39, 0.29) is 12.5 Å². The Morgan fingerprint density at radius 2 is 2.00 bits per heavy atom.